The Labute approximate surface area is 134 Å². The topological polar surface area (TPSA) is 56.0 Å². The van der Waals surface area contributed by atoms with Crippen molar-refractivity contribution < 1.29 is 4.79 Å². The summed E-state index contributed by atoms with van der Waals surface area (Å²) in [7, 11) is 3.60. The number of halogens is 2. The van der Waals surface area contributed by atoms with E-state index < -0.39 is 0 Å². The van der Waals surface area contributed by atoms with Crippen LogP contribution in [0.1, 0.15) is 23.1 Å². The summed E-state index contributed by atoms with van der Waals surface area (Å²) in [6, 6.07) is 0. The van der Waals surface area contributed by atoms with E-state index in [1.54, 1.807) is 33.7 Å². The van der Waals surface area contributed by atoms with Gasteiger partial charge in [0, 0.05) is 26.8 Å². The average molecular weight is 405 g/mol. The molecule has 0 saturated carbocycles. The zero-order valence-corrected chi connectivity index (χ0v) is 14.6. The molecule has 2 aromatic heterocycles. The van der Waals surface area contributed by atoms with Crippen LogP contribution in [-0.4, -0.2) is 37.4 Å². The van der Waals surface area contributed by atoms with Gasteiger partial charge in [-0.15, -0.1) is 0 Å². The van der Waals surface area contributed by atoms with E-state index >= 15 is 0 Å². The SMILES string of the molecule is CCn1cc(Br)c(C(=O)N(C)Cc2c(Br)cnn2C)n1. The van der Waals surface area contributed by atoms with E-state index in [-0.39, 0.29) is 5.91 Å². The Morgan fingerprint density at radius 2 is 2.10 bits per heavy atom. The summed E-state index contributed by atoms with van der Waals surface area (Å²) >= 11 is 6.81. The Bertz CT molecular complexity index is 614. The molecule has 0 saturated heterocycles. The summed E-state index contributed by atoms with van der Waals surface area (Å²) in [5.41, 5.74) is 1.36. The van der Waals surface area contributed by atoms with Gasteiger partial charge in [0.05, 0.1) is 27.4 Å². The summed E-state index contributed by atoms with van der Waals surface area (Å²) in [5, 5.41) is 8.41. The van der Waals surface area contributed by atoms with Crippen molar-refractivity contribution in [3.63, 3.8) is 0 Å². The number of rotatable bonds is 4. The first-order valence-corrected chi connectivity index (χ1v) is 7.67. The van der Waals surface area contributed by atoms with Crippen LogP contribution in [0.5, 0.6) is 0 Å². The van der Waals surface area contributed by atoms with Crippen molar-refractivity contribution in [2.24, 2.45) is 7.05 Å². The van der Waals surface area contributed by atoms with Crippen LogP contribution < -0.4 is 0 Å². The molecule has 0 aromatic carbocycles. The number of hydrogen-bond acceptors (Lipinski definition) is 3. The third-order valence-electron chi connectivity index (χ3n) is 2.99. The van der Waals surface area contributed by atoms with E-state index in [2.05, 4.69) is 42.1 Å². The van der Waals surface area contributed by atoms with Gasteiger partial charge in [0.25, 0.3) is 5.91 Å². The van der Waals surface area contributed by atoms with Crippen LogP contribution in [0.25, 0.3) is 0 Å². The average Bonchev–Trinajstić information content (AvgIpc) is 2.94. The minimum absolute atomic E-state index is 0.128. The Hall–Kier alpha value is -1.15. The first-order chi connectivity index (χ1) is 9.43. The molecule has 1 amide bonds. The van der Waals surface area contributed by atoms with E-state index in [0.717, 1.165) is 16.7 Å². The van der Waals surface area contributed by atoms with E-state index in [1.165, 1.54) is 0 Å². The number of nitrogens with zero attached hydrogens (tertiary/aromatic N) is 5. The van der Waals surface area contributed by atoms with Crippen molar-refractivity contribution in [2.75, 3.05) is 7.05 Å². The predicted molar refractivity (Wildman–Crippen MR) is 82.3 cm³/mol. The molecule has 0 bridgehead atoms. The van der Waals surface area contributed by atoms with Gasteiger partial charge in [-0.2, -0.15) is 10.2 Å². The lowest BCUT2D eigenvalue weighted by molar-refractivity contribution is 0.0774. The fourth-order valence-electron chi connectivity index (χ4n) is 1.80. The molecule has 2 heterocycles. The highest BCUT2D eigenvalue weighted by atomic mass is 79.9. The van der Waals surface area contributed by atoms with Crippen LogP contribution in [0.3, 0.4) is 0 Å². The molecule has 0 fully saturated rings. The highest BCUT2D eigenvalue weighted by molar-refractivity contribution is 9.10. The maximum atomic E-state index is 12.4. The standard InChI is InChI=1S/C12H15Br2N5O/c1-4-19-6-9(14)11(16-19)12(20)17(2)7-10-8(13)5-15-18(10)3/h5-6H,4,7H2,1-3H3. The molecule has 6 nitrogen and oxygen atoms in total. The van der Waals surface area contributed by atoms with Gasteiger partial charge in [0.2, 0.25) is 0 Å². The lowest BCUT2D eigenvalue weighted by Crippen LogP contribution is -2.28. The molecule has 0 aliphatic carbocycles. The molecule has 0 spiro atoms. The summed E-state index contributed by atoms with van der Waals surface area (Å²) in [4.78, 5) is 14.0. The predicted octanol–water partition coefficient (Wildman–Crippen LogP) is 2.43. The van der Waals surface area contributed by atoms with Crippen molar-refractivity contribution in [3.05, 3.63) is 32.7 Å². The number of carbonyl (C=O) groups is 1. The Morgan fingerprint density at radius 1 is 1.40 bits per heavy atom. The Morgan fingerprint density at radius 3 is 2.60 bits per heavy atom. The molecule has 2 aromatic rings. The van der Waals surface area contributed by atoms with Crippen LogP contribution in [0.15, 0.2) is 21.3 Å². The first-order valence-electron chi connectivity index (χ1n) is 6.08. The number of carbonyl (C=O) groups excluding carboxylic acids is 1. The van der Waals surface area contributed by atoms with E-state index in [0.29, 0.717) is 16.7 Å². The van der Waals surface area contributed by atoms with E-state index in [9.17, 15) is 4.79 Å². The first kappa shape index (κ1) is 15.2. The minimum atomic E-state index is -0.128. The highest BCUT2D eigenvalue weighted by Gasteiger charge is 2.20. The Balaban J connectivity index is 2.18. The van der Waals surface area contributed by atoms with Gasteiger partial charge in [-0.05, 0) is 38.8 Å². The number of amides is 1. The Kier molecular flexibility index (Phi) is 4.64. The van der Waals surface area contributed by atoms with Crippen molar-refractivity contribution >= 4 is 37.8 Å². The fourth-order valence-corrected chi connectivity index (χ4v) is 2.75. The molecule has 8 heteroatoms. The molecule has 0 radical (unpaired) electrons. The second kappa shape index (κ2) is 6.09. The second-order valence-corrected chi connectivity index (χ2v) is 6.11. The molecule has 0 aliphatic heterocycles. The maximum absolute atomic E-state index is 12.4. The third kappa shape index (κ3) is 2.95. The summed E-state index contributed by atoms with van der Waals surface area (Å²) < 4.78 is 5.07. The van der Waals surface area contributed by atoms with E-state index in [1.807, 2.05) is 14.0 Å². The van der Waals surface area contributed by atoms with Crippen LogP contribution in [0, 0.1) is 0 Å². The number of aryl methyl sites for hydroxylation is 2. The largest absolute Gasteiger partial charge is 0.334 e. The monoisotopic (exact) mass is 403 g/mol. The smallest absolute Gasteiger partial charge is 0.275 e. The normalized spacial score (nSPS) is 10.8. The van der Waals surface area contributed by atoms with Gasteiger partial charge in [-0.25, -0.2) is 0 Å². The molecular weight excluding hydrogens is 390 g/mol. The zero-order valence-electron chi connectivity index (χ0n) is 11.5. The molecule has 108 valence electrons. The van der Waals surface area contributed by atoms with Crippen LogP contribution in [0.2, 0.25) is 0 Å². The summed E-state index contributed by atoms with van der Waals surface area (Å²) in [6.45, 7) is 3.16. The molecule has 2 rings (SSSR count). The van der Waals surface area contributed by atoms with Gasteiger partial charge in [-0.3, -0.25) is 14.2 Å². The van der Waals surface area contributed by atoms with Crippen LogP contribution >= 0.6 is 31.9 Å². The van der Waals surface area contributed by atoms with Gasteiger partial charge in [0.1, 0.15) is 0 Å². The molecule has 0 aliphatic rings. The van der Waals surface area contributed by atoms with Crippen molar-refractivity contribution in [3.8, 4) is 0 Å². The van der Waals surface area contributed by atoms with E-state index in [4.69, 9.17) is 0 Å². The lowest BCUT2D eigenvalue weighted by atomic mass is 10.3. The molecular formula is C12H15Br2N5O. The highest BCUT2D eigenvalue weighted by Crippen LogP contribution is 2.20. The minimum Gasteiger partial charge on any atom is -0.334 e. The van der Waals surface area contributed by atoms with Gasteiger partial charge in [-0.1, -0.05) is 0 Å². The quantitative estimate of drug-likeness (QED) is 0.786. The fraction of sp³-hybridized carbons (Fsp3) is 0.417. The number of aromatic nitrogens is 4. The van der Waals surface area contributed by atoms with Gasteiger partial charge in [0.15, 0.2) is 5.69 Å². The van der Waals surface area contributed by atoms with Crippen molar-refractivity contribution in [2.45, 2.75) is 20.0 Å². The van der Waals surface area contributed by atoms with Crippen LogP contribution in [0.4, 0.5) is 0 Å². The zero-order chi connectivity index (χ0) is 14.9. The lowest BCUT2D eigenvalue weighted by Gasteiger charge is -2.16. The summed E-state index contributed by atoms with van der Waals surface area (Å²) in [5.74, 6) is -0.128. The second-order valence-electron chi connectivity index (χ2n) is 4.41. The van der Waals surface area contributed by atoms with Gasteiger partial charge < -0.3 is 4.90 Å². The van der Waals surface area contributed by atoms with Crippen molar-refractivity contribution in [1.82, 2.24) is 24.5 Å². The maximum Gasteiger partial charge on any atom is 0.275 e. The summed E-state index contributed by atoms with van der Waals surface area (Å²) in [6.07, 6.45) is 3.52. The third-order valence-corrected chi connectivity index (χ3v) is 4.23. The molecule has 0 atom stereocenters. The molecule has 0 unspecified atom stereocenters. The van der Waals surface area contributed by atoms with Crippen LogP contribution in [-0.2, 0) is 20.1 Å². The van der Waals surface area contributed by atoms with Crippen molar-refractivity contribution in [1.29, 1.82) is 0 Å². The van der Waals surface area contributed by atoms with Gasteiger partial charge >= 0.3 is 0 Å². The molecule has 0 N–H and O–H groups in total. The number of hydrogen-bond donors (Lipinski definition) is 0. The molecule has 20 heavy (non-hydrogen) atoms.